The van der Waals surface area contributed by atoms with Crippen molar-refractivity contribution in [2.45, 2.75) is 24.7 Å². The minimum atomic E-state index is -3.70. The molecule has 8 heteroatoms. The SMILES string of the molecule is Cc1sc(C(=O)O)cc1S(=O)(=O)NCCCC#N. The van der Waals surface area contributed by atoms with Crippen molar-refractivity contribution in [3.63, 3.8) is 0 Å². The van der Waals surface area contributed by atoms with Crippen LogP contribution in [0.2, 0.25) is 0 Å². The monoisotopic (exact) mass is 288 g/mol. The Balaban J connectivity index is 2.85. The molecule has 1 heterocycles. The number of thiophene rings is 1. The van der Waals surface area contributed by atoms with Crippen LogP contribution in [0.25, 0.3) is 0 Å². The number of nitrogens with zero attached hydrogens (tertiary/aromatic N) is 1. The third-order valence-electron chi connectivity index (χ3n) is 2.13. The Morgan fingerprint density at radius 3 is 2.78 bits per heavy atom. The fourth-order valence-electron chi connectivity index (χ4n) is 1.29. The summed E-state index contributed by atoms with van der Waals surface area (Å²) in [4.78, 5) is 11.2. The third kappa shape index (κ3) is 3.53. The highest BCUT2D eigenvalue weighted by Gasteiger charge is 2.21. The van der Waals surface area contributed by atoms with Gasteiger partial charge >= 0.3 is 5.97 Å². The molecule has 0 radical (unpaired) electrons. The number of hydrogen-bond acceptors (Lipinski definition) is 5. The Hall–Kier alpha value is -1.43. The largest absolute Gasteiger partial charge is 0.477 e. The number of aryl methyl sites for hydroxylation is 1. The first-order valence-corrected chi connectivity index (χ1v) is 7.39. The summed E-state index contributed by atoms with van der Waals surface area (Å²) in [6.07, 6.45) is 0.691. The van der Waals surface area contributed by atoms with E-state index in [-0.39, 0.29) is 22.7 Å². The number of unbranched alkanes of at least 4 members (excludes halogenated alkanes) is 1. The summed E-state index contributed by atoms with van der Waals surface area (Å²) in [5.41, 5.74) is 0. The maximum atomic E-state index is 11.9. The van der Waals surface area contributed by atoms with Crippen LogP contribution in [0.4, 0.5) is 0 Å². The van der Waals surface area contributed by atoms with E-state index in [2.05, 4.69) is 4.72 Å². The quantitative estimate of drug-likeness (QED) is 0.768. The lowest BCUT2D eigenvalue weighted by Gasteiger charge is -2.04. The lowest BCUT2D eigenvalue weighted by molar-refractivity contribution is 0.0702. The summed E-state index contributed by atoms with van der Waals surface area (Å²) >= 11 is 0.922. The second-order valence-corrected chi connectivity index (χ2v) is 6.49. The van der Waals surface area contributed by atoms with E-state index in [9.17, 15) is 13.2 Å². The molecule has 0 saturated heterocycles. The maximum Gasteiger partial charge on any atom is 0.345 e. The smallest absolute Gasteiger partial charge is 0.345 e. The highest BCUT2D eigenvalue weighted by Crippen LogP contribution is 2.25. The highest BCUT2D eigenvalue weighted by atomic mass is 32.2. The van der Waals surface area contributed by atoms with Crippen LogP contribution in [0.5, 0.6) is 0 Å². The number of carboxylic acids is 1. The molecular formula is C10H12N2O4S2. The molecule has 0 aromatic carbocycles. The van der Waals surface area contributed by atoms with Gasteiger partial charge in [0.1, 0.15) is 4.88 Å². The van der Waals surface area contributed by atoms with Crippen LogP contribution in [0, 0.1) is 18.3 Å². The van der Waals surface area contributed by atoms with Crippen molar-refractivity contribution >= 4 is 27.3 Å². The molecule has 6 nitrogen and oxygen atoms in total. The molecule has 0 aliphatic heterocycles. The van der Waals surface area contributed by atoms with Gasteiger partial charge in [0.25, 0.3) is 0 Å². The molecule has 0 spiro atoms. The first kappa shape index (κ1) is 14.6. The number of aromatic carboxylic acids is 1. The number of carbonyl (C=O) groups is 1. The highest BCUT2D eigenvalue weighted by molar-refractivity contribution is 7.89. The molecule has 0 atom stereocenters. The average molecular weight is 288 g/mol. The van der Waals surface area contributed by atoms with Crippen molar-refractivity contribution in [2.75, 3.05) is 6.54 Å². The lowest BCUT2D eigenvalue weighted by atomic mass is 10.3. The summed E-state index contributed by atoms with van der Waals surface area (Å²) in [6, 6.07) is 3.06. The van der Waals surface area contributed by atoms with Crippen LogP contribution in [-0.2, 0) is 10.0 Å². The fraction of sp³-hybridized carbons (Fsp3) is 0.400. The molecule has 0 aliphatic rings. The molecule has 1 rings (SSSR count). The Labute approximate surface area is 109 Å². The summed E-state index contributed by atoms with van der Waals surface area (Å²) in [5, 5.41) is 17.1. The Morgan fingerprint density at radius 2 is 2.28 bits per heavy atom. The van der Waals surface area contributed by atoms with E-state index < -0.39 is 16.0 Å². The molecule has 1 aromatic rings. The normalized spacial score (nSPS) is 11.1. The van der Waals surface area contributed by atoms with Gasteiger partial charge in [-0.3, -0.25) is 0 Å². The first-order chi connectivity index (χ1) is 8.38. The van der Waals surface area contributed by atoms with E-state index in [0.29, 0.717) is 11.3 Å². The van der Waals surface area contributed by atoms with Crippen molar-refractivity contribution in [1.82, 2.24) is 4.72 Å². The van der Waals surface area contributed by atoms with Gasteiger partial charge in [0, 0.05) is 17.8 Å². The summed E-state index contributed by atoms with van der Waals surface area (Å²) < 4.78 is 26.1. The minimum absolute atomic E-state index is 0.00935. The van der Waals surface area contributed by atoms with Crippen LogP contribution >= 0.6 is 11.3 Å². The third-order valence-corrected chi connectivity index (χ3v) is 4.88. The Bertz CT molecular complexity index is 584. The zero-order chi connectivity index (χ0) is 13.8. The Morgan fingerprint density at radius 1 is 1.61 bits per heavy atom. The molecule has 1 aromatic heterocycles. The molecule has 18 heavy (non-hydrogen) atoms. The first-order valence-electron chi connectivity index (χ1n) is 5.09. The summed E-state index contributed by atoms with van der Waals surface area (Å²) in [7, 11) is -3.70. The number of hydrogen-bond donors (Lipinski definition) is 2. The molecule has 2 N–H and O–H groups in total. The van der Waals surface area contributed by atoms with E-state index in [1.165, 1.54) is 0 Å². The average Bonchev–Trinajstić information content (AvgIpc) is 2.68. The van der Waals surface area contributed by atoms with E-state index in [4.69, 9.17) is 10.4 Å². The topological polar surface area (TPSA) is 107 Å². The summed E-state index contributed by atoms with van der Waals surface area (Å²) in [6.45, 7) is 1.72. The molecule has 0 unspecified atom stereocenters. The van der Waals surface area contributed by atoms with E-state index in [0.717, 1.165) is 17.4 Å². The number of carboxylic acid groups (broad SMARTS) is 1. The predicted molar refractivity (Wildman–Crippen MR) is 66.1 cm³/mol. The molecule has 98 valence electrons. The van der Waals surface area contributed by atoms with Crippen molar-refractivity contribution in [2.24, 2.45) is 0 Å². The van der Waals surface area contributed by atoms with Gasteiger partial charge < -0.3 is 5.11 Å². The second-order valence-electron chi connectivity index (χ2n) is 3.50. The van der Waals surface area contributed by atoms with Gasteiger partial charge in [-0.1, -0.05) is 0 Å². The van der Waals surface area contributed by atoms with Crippen molar-refractivity contribution < 1.29 is 18.3 Å². The molecule has 0 saturated carbocycles. The molecular weight excluding hydrogens is 276 g/mol. The van der Waals surface area contributed by atoms with E-state index >= 15 is 0 Å². The van der Waals surface area contributed by atoms with Gasteiger partial charge in [0.2, 0.25) is 10.0 Å². The number of sulfonamides is 1. The second kappa shape index (κ2) is 5.95. The van der Waals surface area contributed by atoms with Crippen LogP contribution in [-0.4, -0.2) is 26.0 Å². The van der Waals surface area contributed by atoms with E-state index in [1.54, 1.807) is 6.92 Å². The standard InChI is InChI=1S/C10H12N2O4S2/c1-7-9(6-8(17-7)10(13)14)18(15,16)12-5-3-2-4-11/h6,12H,2-3,5H2,1H3,(H,13,14). The fourth-order valence-corrected chi connectivity index (χ4v) is 3.79. The molecule has 0 amide bonds. The zero-order valence-electron chi connectivity index (χ0n) is 9.63. The van der Waals surface area contributed by atoms with Crippen LogP contribution < -0.4 is 4.72 Å². The van der Waals surface area contributed by atoms with Gasteiger partial charge in [-0.25, -0.2) is 17.9 Å². The van der Waals surface area contributed by atoms with Crippen molar-refractivity contribution in [3.05, 3.63) is 15.8 Å². The van der Waals surface area contributed by atoms with Crippen LogP contribution in [0.15, 0.2) is 11.0 Å². The molecule has 0 bridgehead atoms. The maximum absolute atomic E-state index is 11.9. The summed E-state index contributed by atoms with van der Waals surface area (Å²) in [5.74, 6) is -1.14. The van der Waals surface area contributed by atoms with Crippen LogP contribution in [0.1, 0.15) is 27.4 Å². The predicted octanol–water partition coefficient (Wildman–Crippen LogP) is 1.34. The van der Waals surface area contributed by atoms with Gasteiger partial charge in [-0.15, -0.1) is 11.3 Å². The number of nitrogens with one attached hydrogen (secondary N) is 1. The zero-order valence-corrected chi connectivity index (χ0v) is 11.3. The van der Waals surface area contributed by atoms with Gasteiger partial charge in [-0.05, 0) is 19.4 Å². The van der Waals surface area contributed by atoms with Gasteiger partial charge in [0.15, 0.2) is 0 Å². The number of rotatable bonds is 6. The minimum Gasteiger partial charge on any atom is -0.477 e. The van der Waals surface area contributed by atoms with Crippen LogP contribution in [0.3, 0.4) is 0 Å². The molecule has 0 aliphatic carbocycles. The Kier molecular flexibility index (Phi) is 4.84. The number of nitriles is 1. The molecule has 0 fully saturated rings. The van der Waals surface area contributed by atoms with Gasteiger partial charge in [-0.2, -0.15) is 5.26 Å². The van der Waals surface area contributed by atoms with Crippen molar-refractivity contribution in [3.8, 4) is 6.07 Å². The van der Waals surface area contributed by atoms with E-state index in [1.807, 2.05) is 6.07 Å². The lowest BCUT2D eigenvalue weighted by Crippen LogP contribution is -2.24. The van der Waals surface area contributed by atoms with Crippen molar-refractivity contribution in [1.29, 1.82) is 5.26 Å². The van der Waals surface area contributed by atoms with Gasteiger partial charge in [0.05, 0.1) is 11.0 Å².